The molecule has 0 fully saturated rings. The van der Waals surface area contributed by atoms with E-state index in [0.717, 1.165) is 5.69 Å². The monoisotopic (exact) mass is 251 g/mol. The van der Waals surface area contributed by atoms with Crippen molar-refractivity contribution in [1.82, 2.24) is 9.55 Å². The number of pyridine rings is 1. The summed E-state index contributed by atoms with van der Waals surface area (Å²) >= 11 is 1.42. The van der Waals surface area contributed by atoms with Crippen LogP contribution in [0.3, 0.4) is 0 Å². The Morgan fingerprint density at radius 3 is 2.94 bits per heavy atom. The zero-order valence-corrected chi connectivity index (χ0v) is 9.81. The highest BCUT2D eigenvalue weighted by Gasteiger charge is 2.13. The number of rotatable bonds is 3. The molecule has 0 atom stereocenters. The van der Waals surface area contributed by atoms with E-state index in [1.54, 1.807) is 17.8 Å². The minimum atomic E-state index is -0.494. The van der Waals surface area contributed by atoms with Crippen LogP contribution in [-0.2, 0) is 6.54 Å². The van der Waals surface area contributed by atoms with Gasteiger partial charge in [0.15, 0.2) is 0 Å². The topological polar surface area (TPSA) is 78.0 Å². The van der Waals surface area contributed by atoms with Crippen molar-refractivity contribution in [2.24, 2.45) is 0 Å². The fourth-order valence-corrected chi connectivity index (χ4v) is 2.01. The Morgan fingerprint density at radius 1 is 1.59 bits per heavy atom. The molecule has 17 heavy (non-hydrogen) atoms. The maximum atomic E-state index is 11.7. The zero-order valence-electron chi connectivity index (χ0n) is 8.99. The van der Waals surface area contributed by atoms with Gasteiger partial charge in [0.05, 0.1) is 28.9 Å². The van der Waals surface area contributed by atoms with Crippen molar-refractivity contribution in [3.63, 3.8) is 0 Å². The van der Waals surface area contributed by atoms with Crippen LogP contribution in [0.15, 0.2) is 27.9 Å². The highest BCUT2D eigenvalue weighted by molar-refractivity contribution is 7.07. The summed E-state index contributed by atoms with van der Waals surface area (Å²) in [7, 11) is 0. The van der Waals surface area contributed by atoms with Crippen molar-refractivity contribution >= 4 is 17.0 Å². The lowest BCUT2D eigenvalue weighted by Gasteiger charge is -2.04. The average molecular weight is 251 g/mol. The van der Waals surface area contributed by atoms with Gasteiger partial charge in [0.1, 0.15) is 0 Å². The summed E-state index contributed by atoms with van der Waals surface area (Å²) in [4.78, 5) is 26.0. The van der Waals surface area contributed by atoms with Gasteiger partial charge in [0.2, 0.25) is 0 Å². The molecule has 6 nitrogen and oxygen atoms in total. The Labute approximate surface area is 100 Å². The maximum absolute atomic E-state index is 11.7. The van der Waals surface area contributed by atoms with Crippen LogP contribution in [0.25, 0.3) is 0 Å². The lowest BCUT2D eigenvalue weighted by molar-refractivity contribution is -0.385. The highest BCUT2D eigenvalue weighted by atomic mass is 32.1. The molecular formula is C10H9N3O3S. The summed E-state index contributed by atoms with van der Waals surface area (Å²) < 4.78 is 1.29. The maximum Gasteiger partial charge on any atom is 0.288 e. The fraction of sp³-hybridized carbons (Fsp3) is 0.200. The molecule has 2 aromatic heterocycles. The van der Waals surface area contributed by atoms with Crippen molar-refractivity contribution < 1.29 is 4.92 Å². The molecule has 0 saturated carbocycles. The zero-order chi connectivity index (χ0) is 12.4. The van der Waals surface area contributed by atoms with Gasteiger partial charge in [0.25, 0.3) is 11.2 Å². The molecule has 2 heterocycles. The first-order valence-corrected chi connectivity index (χ1v) is 5.75. The highest BCUT2D eigenvalue weighted by Crippen LogP contribution is 2.14. The molecule has 0 spiro atoms. The smallest absolute Gasteiger partial charge is 0.288 e. The molecular weight excluding hydrogens is 242 g/mol. The molecule has 88 valence electrons. The van der Waals surface area contributed by atoms with Crippen molar-refractivity contribution in [1.29, 1.82) is 0 Å². The van der Waals surface area contributed by atoms with E-state index in [2.05, 4.69) is 4.98 Å². The molecule has 7 heteroatoms. The average Bonchev–Trinajstić information content (AvgIpc) is 2.74. The van der Waals surface area contributed by atoms with Crippen LogP contribution in [0.4, 0.5) is 5.69 Å². The van der Waals surface area contributed by atoms with Crippen LogP contribution < -0.4 is 5.56 Å². The van der Waals surface area contributed by atoms with E-state index in [1.165, 1.54) is 28.2 Å². The summed E-state index contributed by atoms with van der Waals surface area (Å²) in [6.45, 7) is 1.80. The van der Waals surface area contributed by atoms with E-state index in [4.69, 9.17) is 0 Å². The molecule has 0 aliphatic heterocycles. The van der Waals surface area contributed by atoms with E-state index in [0.29, 0.717) is 5.56 Å². The first-order valence-electron chi connectivity index (χ1n) is 4.80. The van der Waals surface area contributed by atoms with Gasteiger partial charge in [-0.15, -0.1) is 11.3 Å². The summed E-state index contributed by atoms with van der Waals surface area (Å²) in [5.74, 6) is 0. The summed E-state index contributed by atoms with van der Waals surface area (Å²) in [6.07, 6.45) is 1.26. The minimum Gasteiger partial charge on any atom is -0.303 e. The van der Waals surface area contributed by atoms with Gasteiger partial charge >= 0.3 is 0 Å². The molecule has 2 rings (SSSR count). The first-order chi connectivity index (χ1) is 8.08. The number of thiazole rings is 1. The van der Waals surface area contributed by atoms with E-state index < -0.39 is 4.92 Å². The SMILES string of the molecule is Cc1cc(=O)n(Cc2cscn2)cc1[N+](=O)[O-]. The Morgan fingerprint density at radius 2 is 2.35 bits per heavy atom. The van der Waals surface area contributed by atoms with Crippen molar-refractivity contribution in [3.05, 3.63) is 54.9 Å². The van der Waals surface area contributed by atoms with Crippen molar-refractivity contribution in [2.75, 3.05) is 0 Å². The molecule has 0 bridgehead atoms. The second-order valence-corrected chi connectivity index (χ2v) is 4.26. The van der Waals surface area contributed by atoms with E-state index in [-0.39, 0.29) is 17.8 Å². The normalized spacial score (nSPS) is 10.4. The molecule has 0 aliphatic carbocycles. The predicted molar refractivity (Wildman–Crippen MR) is 63.3 cm³/mol. The second-order valence-electron chi connectivity index (χ2n) is 3.54. The van der Waals surface area contributed by atoms with Gasteiger partial charge in [-0.2, -0.15) is 0 Å². The Balaban J connectivity index is 2.44. The van der Waals surface area contributed by atoms with E-state index in [9.17, 15) is 14.9 Å². The third-order valence-corrected chi connectivity index (χ3v) is 2.95. The van der Waals surface area contributed by atoms with Gasteiger partial charge in [-0.3, -0.25) is 14.9 Å². The second kappa shape index (κ2) is 4.46. The minimum absolute atomic E-state index is 0.0557. The lowest BCUT2D eigenvalue weighted by Crippen LogP contribution is -2.20. The van der Waals surface area contributed by atoms with Gasteiger partial charge in [-0.05, 0) is 6.92 Å². The number of hydrogen-bond acceptors (Lipinski definition) is 5. The lowest BCUT2D eigenvalue weighted by atomic mass is 10.2. The van der Waals surface area contributed by atoms with Crippen LogP contribution in [0.2, 0.25) is 0 Å². The molecule has 0 aliphatic rings. The third-order valence-electron chi connectivity index (χ3n) is 2.32. The summed E-state index contributed by atoms with van der Waals surface area (Å²) in [6, 6.07) is 1.27. The van der Waals surface area contributed by atoms with Crippen LogP contribution in [0.1, 0.15) is 11.3 Å². The molecule has 2 aromatic rings. The summed E-state index contributed by atoms with van der Waals surface area (Å²) in [5.41, 5.74) is 2.42. The van der Waals surface area contributed by atoms with Gasteiger partial charge < -0.3 is 4.57 Å². The Kier molecular flexibility index (Phi) is 3.01. The van der Waals surface area contributed by atoms with E-state index in [1.807, 2.05) is 0 Å². The quantitative estimate of drug-likeness (QED) is 0.612. The standard InChI is InChI=1S/C10H9N3O3S/c1-7-2-10(14)12(4-9(7)13(15)16)3-8-5-17-6-11-8/h2,4-6H,3H2,1H3. The number of aryl methyl sites for hydroxylation is 1. The number of aromatic nitrogens is 2. The molecule has 0 saturated heterocycles. The van der Waals surface area contributed by atoms with Gasteiger partial charge in [0, 0.05) is 17.0 Å². The Bertz CT molecular complexity index is 604. The van der Waals surface area contributed by atoms with Crippen LogP contribution in [0, 0.1) is 17.0 Å². The van der Waals surface area contributed by atoms with Crippen LogP contribution in [0.5, 0.6) is 0 Å². The fourth-order valence-electron chi connectivity index (χ4n) is 1.46. The summed E-state index contributed by atoms with van der Waals surface area (Å²) in [5, 5.41) is 12.6. The third kappa shape index (κ3) is 2.39. The van der Waals surface area contributed by atoms with Crippen molar-refractivity contribution in [3.8, 4) is 0 Å². The van der Waals surface area contributed by atoms with Crippen molar-refractivity contribution in [2.45, 2.75) is 13.5 Å². The van der Waals surface area contributed by atoms with Crippen LogP contribution in [-0.4, -0.2) is 14.5 Å². The number of nitrogens with zero attached hydrogens (tertiary/aromatic N) is 3. The van der Waals surface area contributed by atoms with Gasteiger partial charge in [-0.25, -0.2) is 4.98 Å². The molecule has 0 amide bonds. The molecule has 0 unspecified atom stereocenters. The predicted octanol–water partition coefficient (Wildman–Crippen LogP) is 1.57. The van der Waals surface area contributed by atoms with Gasteiger partial charge in [-0.1, -0.05) is 0 Å². The first kappa shape index (κ1) is 11.5. The molecule has 0 N–H and O–H groups in total. The Hall–Kier alpha value is -2.02. The molecule has 0 radical (unpaired) electrons. The van der Waals surface area contributed by atoms with Crippen LogP contribution >= 0.6 is 11.3 Å². The molecule has 0 aromatic carbocycles. The number of nitro groups is 1. The number of hydrogen-bond donors (Lipinski definition) is 0. The largest absolute Gasteiger partial charge is 0.303 e. The van der Waals surface area contributed by atoms with E-state index >= 15 is 0 Å².